The lowest BCUT2D eigenvalue weighted by Crippen LogP contribution is -2.35. The van der Waals surface area contributed by atoms with E-state index >= 15 is 0 Å². The number of aromatic nitrogens is 1. The molecule has 1 fully saturated rings. The summed E-state index contributed by atoms with van der Waals surface area (Å²) < 4.78 is 5.48. The lowest BCUT2D eigenvalue weighted by Gasteiger charge is -2.25. The van der Waals surface area contributed by atoms with Crippen LogP contribution < -0.4 is 9.64 Å². The maximum absolute atomic E-state index is 13.0. The molecule has 1 aromatic heterocycles. The van der Waals surface area contributed by atoms with Gasteiger partial charge in [0, 0.05) is 48.5 Å². The number of anilines is 1. The highest BCUT2D eigenvalue weighted by Gasteiger charge is 2.21. The molecule has 0 saturated carbocycles. The number of ether oxygens (including phenoxy) is 1. The van der Waals surface area contributed by atoms with Gasteiger partial charge in [-0.15, -0.1) is 0 Å². The minimum atomic E-state index is 0.0886. The molecule has 0 aliphatic carbocycles. The van der Waals surface area contributed by atoms with Crippen molar-refractivity contribution < 1.29 is 9.53 Å². The van der Waals surface area contributed by atoms with Crippen molar-refractivity contribution in [2.24, 2.45) is 0 Å². The number of nitrogens with zero attached hydrogens (tertiary/aromatic N) is 3. The second-order valence-electron chi connectivity index (χ2n) is 7.39. The summed E-state index contributed by atoms with van der Waals surface area (Å²) in [5.74, 6) is 0.886. The second kappa shape index (κ2) is 8.52. The molecule has 0 N–H and O–H groups in total. The molecule has 3 aromatic rings. The van der Waals surface area contributed by atoms with E-state index < -0.39 is 0 Å². The maximum Gasteiger partial charge on any atom is 0.253 e. The lowest BCUT2D eigenvalue weighted by molar-refractivity contribution is 0.0767. The molecule has 1 saturated heterocycles. The average molecular weight is 389 g/mol. The third-order valence-corrected chi connectivity index (χ3v) is 5.36. The molecular weight excluding hydrogens is 362 g/mol. The predicted molar refractivity (Wildman–Crippen MR) is 117 cm³/mol. The molecule has 2 aromatic carbocycles. The van der Waals surface area contributed by atoms with Crippen LogP contribution in [0.2, 0.25) is 0 Å². The molecule has 150 valence electrons. The summed E-state index contributed by atoms with van der Waals surface area (Å²) in [6.45, 7) is 7.84. The Morgan fingerprint density at radius 3 is 2.62 bits per heavy atom. The number of aryl methyl sites for hydroxylation is 1. The highest BCUT2D eigenvalue weighted by Crippen LogP contribution is 2.27. The number of hydrogen-bond donors (Lipinski definition) is 0. The fourth-order valence-corrected chi connectivity index (χ4v) is 3.95. The number of benzene rings is 2. The van der Waals surface area contributed by atoms with E-state index in [1.165, 1.54) is 11.1 Å². The zero-order chi connectivity index (χ0) is 20.2. The lowest BCUT2D eigenvalue weighted by atomic mass is 10.1. The van der Waals surface area contributed by atoms with Crippen LogP contribution in [-0.4, -0.2) is 48.6 Å². The second-order valence-corrected chi connectivity index (χ2v) is 7.39. The van der Waals surface area contributed by atoms with Crippen LogP contribution in [0.4, 0.5) is 5.69 Å². The molecule has 5 nitrogen and oxygen atoms in total. The quantitative estimate of drug-likeness (QED) is 0.668. The minimum Gasteiger partial charge on any atom is -0.494 e. The summed E-state index contributed by atoms with van der Waals surface area (Å²) >= 11 is 0. The summed E-state index contributed by atoms with van der Waals surface area (Å²) in [4.78, 5) is 22.0. The van der Waals surface area contributed by atoms with Gasteiger partial charge in [-0.25, -0.2) is 0 Å². The third kappa shape index (κ3) is 4.19. The van der Waals surface area contributed by atoms with Crippen molar-refractivity contribution >= 4 is 22.5 Å². The minimum absolute atomic E-state index is 0.0886. The largest absolute Gasteiger partial charge is 0.494 e. The first kappa shape index (κ1) is 19.2. The molecular formula is C24H27N3O2. The van der Waals surface area contributed by atoms with Crippen LogP contribution >= 0.6 is 0 Å². The van der Waals surface area contributed by atoms with Gasteiger partial charge in [0.25, 0.3) is 5.91 Å². The van der Waals surface area contributed by atoms with Crippen LogP contribution in [0.25, 0.3) is 10.9 Å². The van der Waals surface area contributed by atoms with Gasteiger partial charge in [-0.3, -0.25) is 9.78 Å². The highest BCUT2D eigenvalue weighted by molar-refractivity contribution is 5.95. The van der Waals surface area contributed by atoms with Crippen molar-refractivity contribution in [1.82, 2.24) is 9.88 Å². The summed E-state index contributed by atoms with van der Waals surface area (Å²) in [6.07, 6.45) is 0.943. The van der Waals surface area contributed by atoms with Crippen molar-refractivity contribution in [2.75, 3.05) is 37.7 Å². The first-order valence-corrected chi connectivity index (χ1v) is 10.3. The third-order valence-electron chi connectivity index (χ3n) is 5.36. The van der Waals surface area contributed by atoms with E-state index in [-0.39, 0.29) is 5.91 Å². The molecule has 1 aliphatic heterocycles. The Morgan fingerprint density at radius 2 is 1.83 bits per heavy atom. The fourth-order valence-electron chi connectivity index (χ4n) is 3.95. The summed E-state index contributed by atoms with van der Waals surface area (Å²) in [5.41, 5.74) is 3.97. The van der Waals surface area contributed by atoms with Gasteiger partial charge in [-0.2, -0.15) is 0 Å². The van der Waals surface area contributed by atoms with E-state index in [9.17, 15) is 4.79 Å². The summed E-state index contributed by atoms with van der Waals surface area (Å²) in [6, 6.07) is 17.9. The van der Waals surface area contributed by atoms with Gasteiger partial charge in [0.15, 0.2) is 0 Å². The smallest absolute Gasteiger partial charge is 0.253 e. The van der Waals surface area contributed by atoms with Crippen LogP contribution in [0.3, 0.4) is 0 Å². The molecule has 4 rings (SSSR count). The standard InChI is InChI=1S/C24H27N3O2/c1-3-29-20-11-9-19(10-12-20)24(28)27-14-6-13-26(15-16-27)23-17-18(2)25-22-8-5-4-7-21(22)23/h4-5,7-12,17H,3,6,13-16H2,1-2H3. The Balaban J connectivity index is 1.50. The topological polar surface area (TPSA) is 45.7 Å². The van der Waals surface area contributed by atoms with Crippen molar-refractivity contribution in [3.05, 3.63) is 65.9 Å². The van der Waals surface area contributed by atoms with E-state index in [1.807, 2.05) is 49.1 Å². The van der Waals surface area contributed by atoms with Gasteiger partial charge >= 0.3 is 0 Å². The molecule has 0 spiro atoms. The van der Waals surface area contributed by atoms with E-state index in [1.54, 1.807) is 0 Å². The first-order valence-electron chi connectivity index (χ1n) is 10.3. The van der Waals surface area contributed by atoms with Gasteiger partial charge in [0.1, 0.15) is 5.75 Å². The molecule has 0 bridgehead atoms. The summed E-state index contributed by atoms with van der Waals surface area (Å²) in [7, 11) is 0. The molecule has 2 heterocycles. The van der Waals surface area contributed by atoms with Gasteiger partial charge in [0.05, 0.1) is 12.1 Å². The molecule has 1 amide bonds. The van der Waals surface area contributed by atoms with Crippen LogP contribution in [0.5, 0.6) is 5.75 Å². The van der Waals surface area contributed by atoms with E-state index in [0.29, 0.717) is 18.7 Å². The number of pyridine rings is 1. The Hall–Kier alpha value is -3.08. The van der Waals surface area contributed by atoms with Crippen LogP contribution in [0.1, 0.15) is 29.4 Å². The number of rotatable bonds is 4. The number of hydrogen-bond acceptors (Lipinski definition) is 4. The summed E-state index contributed by atoms with van der Waals surface area (Å²) in [5, 5.41) is 1.17. The monoisotopic (exact) mass is 389 g/mol. The number of carbonyl (C=O) groups is 1. The Labute approximate surface area is 171 Å². The normalized spacial score (nSPS) is 14.7. The number of fused-ring (bicyclic) bond motifs is 1. The van der Waals surface area contributed by atoms with Gasteiger partial charge in [-0.05, 0) is 56.7 Å². The van der Waals surface area contributed by atoms with E-state index in [2.05, 4.69) is 34.1 Å². The van der Waals surface area contributed by atoms with Gasteiger partial charge in [-0.1, -0.05) is 18.2 Å². The molecule has 29 heavy (non-hydrogen) atoms. The van der Waals surface area contributed by atoms with Crippen LogP contribution in [0, 0.1) is 6.92 Å². The van der Waals surface area contributed by atoms with Crippen LogP contribution in [0.15, 0.2) is 54.6 Å². The maximum atomic E-state index is 13.0. The zero-order valence-electron chi connectivity index (χ0n) is 17.1. The molecule has 5 heteroatoms. The molecule has 0 radical (unpaired) electrons. The number of para-hydroxylation sites is 1. The molecule has 0 unspecified atom stereocenters. The molecule has 1 aliphatic rings. The van der Waals surface area contributed by atoms with Gasteiger partial charge < -0.3 is 14.5 Å². The Kier molecular flexibility index (Phi) is 5.65. The number of carbonyl (C=O) groups excluding carboxylic acids is 1. The first-order chi connectivity index (χ1) is 14.2. The van der Waals surface area contributed by atoms with Crippen molar-refractivity contribution in [3.8, 4) is 5.75 Å². The van der Waals surface area contributed by atoms with Crippen LogP contribution in [-0.2, 0) is 0 Å². The SMILES string of the molecule is CCOc1ccc(C(=O)N2CCCN(c3cc(C)nc4ccccc34)CC2)cc1. The van der Waals surface area contributed by atoms with E-state index in [0.717, 1.165) is 43.0 Å². The average Bonchev–Trinajstić information content (AvgIpc) is 2.99. The molecule has 0 atom stereocenters. The van der Waals surface area contributed by atoms with Crippen molar-refractivity contribution in [3.63, 3.8) is 0 Å². The Bertz CT molecular complexity index is 1000. The van der Waals surface area contributed by atoms with Crippen molar-refractivity contribution in [1.29, 1.82) is 0 Å². The van der Waals surface area contributed by atoms with Gasteiger partial charge in [0.2, 0.25) is 0 Å². The predicted octanol–water partition coefficient (Wildman–Crippen LogP) is 4.29. The number of amides is 1. The fraction of sp³-hybridized carbons (Fsp3) is 0.333. The zero-order valence-corrected chi connectivity index (χ0v) is 17.1. The van der Waals surface area contributed by atoms with Crippen molar-refractivity contribution in [2.45, 2.75) is 20.3 Å². The Morgan fingerprint density at radius 1 is 1.03 bits per heavy atom. The van der Waals surface area contributed by atoms with E-state index in [4.69, 9.17) is 4.74 Å². The highest BCUT2D eigenvalue weighted by atomic mass is 16.5.